The molecule has 1 aliphatic rings. The Bertz CT molecular complexity index is 408. The van der Waals surface area contributed by atoms with Gasteiger partial charge in [0.05, 0.1) is 11.8 Å². The smallest absolute Gasteiger partial charge is 0.153 e. The van der Waals surface area contributed by atoms with E-state index in [-0.39, 0.29) is 17.1 Å². The molecular formula is C12H25N3O3S. The highest BCUT2D eigenvalue weighted by Gasteiger charge is 2.31. The second-order valence-corrected chi connectivity index (χ2v) is 7.66. The predicted molar refractivity (Wildman–Crippen MR) is 76.2 cm³/mol. The first-order valence-electron chi connectivity index (χ1n) is 6.77. The molecule has 0 aliphatic heterocycles. The van der Waals surface area contributed by atoms with Crippen LogP contribution in [0.4, 0.5) is 0 Å². The minimum absolute atomic E-state index is 0.176. The number of amidine groups is 1. The third-order valence-corrected chi connectivity index (χ3v) is 5.36. The molecule has 2 unspecified atom stereocenters. The third kappa shape index (κ3) is 4.99. The molecule has 1 aliphatic carbocycles. The molecule has 0 heterocycles. The Labute approximate surface area is 115 Å². The van der Waals surface area contributed by atoms with Crippen LogP contribution in [-0.2, 0) is 9.84 Å². The van der Waals surface area contributed by atoms with Gasteiger partial charge in [-0.2, -0.15) is 0 Å². The summed E-state index contributed by atoms with van der Waals surface area (Å²) in [7, 11) is -2.98. The van der Waals surface area contributed by atoms with Crippen LogP contribution in [0.25, 0.3) is 0 Å². The number of hydrogen-bond acceptors (Lipinski definition) is 5. The summed E-state index contributed by atoms with van der Waals surface area (Å²) in [6, 6.07) is 0.203. The summed E-state index contributed by atoms with van der Waals surface area (Å²) in [5.74, 6) is 0.176. The van der Waals surface area contributed by atoms with Crippen LogP contribution in [0, 0.1) is 0 Å². The van der Waals surface area contributed by atoms with Crippen molar-refractivity contribution in [3.8, 4) is 0 Å². The topological polar surface area (TPSA) is 96.0 Å². The zero-order valence-corrected chi connectivity index (χ0v) is 12.6. The van der Waals surface area contributed by atoms with Crippen molar-refractivity contribution in [3.63, 3.8) is 0 Å². The van der Waals surface area contributed by atoms with Crippen LogP contribution in [0.1, 0.15) is 39.0 Å². The van der Waals surface area contributed by atoms with Crippen LogP contribution in [0.15, 0.2) is 5.16 Å². The highest BCUT2D eigenvalue weighted by atomic mass is 32.2. The summed E-state index contributed by atoms with van der Waals surface area (Å²) >= 11 is 0. The van der Waals surface area contributed by atoms with Crippen molar-refractivity contribution < 1.29 is 13.6 Å². The van der Waals surface area contributed by atoms with Crippen molar-refractivity contribution in [1.29, 1.82) is 0 Å². The maximum atomic E-state index is 11.7. The first-order chi connectivity index (χ1) is 8.88. The molecule has 0 aromatic rings. The third-order valence-electron chi connectivity index (χ3n) is 3.72. The molecule has 0 aromatic carbocycles. The van der Waals surface area contributed by atoms with E-state index in [0.717, 1.165) is 32.2 Å². The molecule has 19 heavy (non-hydrogen) atoms. The van der Waals surface area contributed by atoms with E-state index in [0.29, 0.717) is 13.0 Å². The molecular weight excluding hydrogens is 266 g/mol. The van der Waals surface area contributed by atoms with Crippen LogP contribution in [-0.4, -0.2) is 55.0 Å². The van der Waals surface area contributed by atoms with Gasteiger partial charge in [0.15, 0.2) is 5.84 Å². The molecule has 2 atom stereocenters. The van der Waals surface area contributed by atoms with Crippen LogP contribution >= 0.6 is 0 Å². The number of nitrogens with two attached hydrogens (primary N) is 1. The first-order valence-corrected chi connectivity index (χ1v) is 8.73. The van der Waals surface area contributed by atoms with Gasteiger partial charge in [0.2, 0.25) is 0 Å². The Morgan fingerprint density at radius 1 is 1.47 bits per heavy atom. The average molecular weight is 291 g/mol. The molecule has 0 spiro atoms. The Morgan fingerprint density at radius 3 is 2.68 bits per heavy atom. The standard InChI is InChI=1S/C12H25N3O3S/c1-3-7-15(9-12(13)14-16)10-5-4-6-11(8-10)19(2,17)18/h10-11,16H,3-9H2,1-2H3,(H2,13,14). The lowest BCUT2D eigenvalue weighted by molar-refractivity contribution is 0.176. The van der Waals surface area contributed by atoms with Crippen LogP contribution in [0.5, 0.6) is 0 Å². The molecule has 6 nitrogen and oxygen atoms in total. The Morgan fingerprint density at radius 2 is 2.16 bits per heavy atom. The fourth-order valence-corrected chi connectivity index (χ4v) is 3.93. The summed E-state index contributed by atoms with van der Waals surface area (Å²) in [6.45, 7) is 3.29. The van der Waals surface area contributed by atoms with E-state index in [1.807, 2.05) is 0 Å². The van der Waals surface area contributed by atoms with Gasteiger partial charge < -0.3 is 10.9 Å². The van der Waals surface area contributed by atoms with E-state index in [2.05, 4.69) is 17.0 Å². The summed E-state index contributed by atoms with van der Waals surface area (Å²) in [5, 5.41) is 11.4. The largest absolute Gasteiger partial charge is 0.409 e. The SMILES string of the molecule is CCCN(CC(N)=NO)C1CCCC(S(C)(=O)=O)C1. The molecule has 0 radical (unpaired) electrons. The van der Waals surface area contributed by atoms with Crippen molar-refractivity contribution >= 4 is 15.7 Å². The molecule has 0 bridgehead atoms. The Kier molecular flexibility index (Phi) is 6.06. The molecule has 1 fully saturated rings. The minimum Gasteiger partial charge on any atom is -0.409 e. The van der Waals surface area contributed by atoms with Crippen molar-refractivity contribution in [2.24, 2.45) is 10.9 Å². The Hall–Kier alpha value is -0.820. The lowest BCUT2D eigenvalue weighted by atomic mass is 9.93. The fraction of sp³-hybridized carbons (Fsp3) is 0.917. The number of nitrogens with zero attached hydrogens (tertiary/aromatic N) is 2. The molecule has 7 heteroatoms. The molecule has 0 saturated heterocycles. The summed E-state index contributed by atoms with van der Waals surface area (Å²) < 4.78 is 23.4. The van der Waals surface area contributed by atoms with E-state index in [4.69, 9.17) is 10.9 Å². The second-order valence-electron chi connectivity index (χ2n) is 5.33. The van der Waals surface area contributed by atoms with Gasteiger partial charge in [0.1, 0.15) is 9.84 Å². The van der Waals surface area contributed by atoms with Crippen LogP contribution < -0.4 is 5.73 Å². The molecule has 1 rings (SSSR count). The van der Waals surface area contributed by atoms with Crippen molar-refractivity contribution in [2.45, 2.75) is 50.3 Å². The average Bonchev–Trinajstić information content (AvgIpc) is 2.37. The highest BCUT2D eigenvalue weighted by molar-refractivity contribution is 7.91. The van der Waals surface area contributed by atoms with Crippen LogP contribution in [0.3, 0.4) is 0 Å². The lowest BCUT2D eigenvalue weighted by Gasteiger charge is -2.36. The second kappa shape index (κ2) is 7.09. The number of rotatable bonds is 6. The quantitative estimate of drug-likeness (QED) is 0.326. The number of hydrogen-bond donors (Lipinski definition) is 2. The number of sulfone groups is 1. The highest BCUT2D eigenvalue weighted by Crippen LogP contribution is 2.27. The van der Waals surface area contributed by atoms with Gasteiger partial charge in [0.25, 0.3) is 0 Å². The fourth-order valence-electron chi connectivity index (χ4n) is 2.76. The van der Waals surface area contributed by atoms with Gasteiger partial charge in [-0.3, -0.25) is 4.90 Å². The monoisotopic (exact) mass is 291 g/mol. The molecule has 0 aromatic heterocycles. The van der Waals surface area contributed by atoms with Gasteiger partial charge in [-0.25, -0.2) is 8.42 Å². The van der Waals surface area contributed by atoms with E-state index < -0.39 is 9.84 Å². The lowest BCUT2D eigenvalue weighted by Crippen LogP contribution is -2.46. The molecule has 112 valence electrons. The van der Waals surface area contributed by atoms with E-state index in [1.54, 1.807) is 0 Å². The van der Waals surface area contributed by atoms with Crippen molar-refractivity contribution in [1.82, 2.24) is 4.90 Å². The first kappa shape index (κ1) is 16.2. The summed E-state index contributed by atoms with van der Waals surface area (Å²) in [5.41, 5.74) is 5.57. The zero-order chi connectivity index (χ0) is 14.5. The van der Waals surface area contributed by atoms with Gasteiger partial charge in [0, 0.05) is 12.3 Å². The molecule has 1 saturated carbocycles. The maximum Gasteiger partial charge on any atom is 0.153 e. The van der Waals surface area contributed by atoms with Gasteiger partial charge in [-0.1, -0.05) is 18.5 Å². The van der Waals surface area contributed by atoms with E-state index in [9.17, 15) is 8.42 Å². The van der Waals surface area contributed by atoms with Gasteiger partial charge in [-0.05, 0) is 32.2 Å². The van der Waals surface area contributed by atoms with Gasteiger partial charge >= 0.3 is 0 Å². The summed E-state index contributed by atoms with van der Waals surface area (Å²) in [4.78, 5) is 2.13. The maximum absolute atomic E-state index is 11.7. The van der Waals surface area contributed by atoms with Crippen LogP contribution in [0.2, 0.25) is 0 Å². The normalized spacial score (nSPS) is 25.7. The van der Waals surface area contributed by atoms with E-state index in [1.165, 1.54) is 6.26 Å². The molecule has 3 N–H and O–H groups in total. The minimum atomic E-state index is -2.98. The zero-order valence-electron chi connectivity index (χ0n) is 11.7. The molecule has 0 amide bonds. The predicted octanol–water partition coefficient (Wildman–Crippen LogP) is 0.801. The van der Waals surface area contributed by atoms with Gasteiger partial charge in [-0.15, -0.1) is 0 Å². The Balaban J connectivity index is 2.73. The number of oxime groups is 1. The van der Waals surface area contributed by atoms with E-state index >= 15 is 0 Å². The van der Waals surface area contributed by atoms with Crippen molar-refractivity contribution in [3.05, 3.63) is 0 Å². The van der Waals surface area contributed by atoms with Crippen molar-refractivity contribution in [2.75, 3.05) is 19.3 Å². The summed E-state index contributed by atoms with van der Waals surface area (Å²) in [6.07, 6.45) is 5.56.